The highest BCUT2D eigenvalue weighted by atomic mass is 16.5. The van der Waals surface area contributed by atoms with Crippen LogP contribution in [-0.4, -0.2) is 51.8 Å². The summed E-state index contributed by atoms with van der Waals surface area (Å²) in [6.07, 6.45) is 2.16. The van der Waals surface area contributed by atoms with E-state index in [-0.39, 0.29) is 11.8 Å². The van der Waals surface area contributed by atoms with Crippen LogP contribution in [0.25, 0.3) is 5.65 Å². The molecular formula is C20H22N6O2. The number of aromatic nitrogens is 4. The summed E-state index contributed by atoms with van der Waals surface area (Å²) >= 11 is 0. The highest BCUT2D eigenvalue weighted by molar-refractivity contribution is 5.96. The Hall–Kier alpha value is -3.00. The van der Waals surface area contributed by atoms with Gasteiger partial charge in [-0.1, -0.05) is 6.07 Å². The monoisotopic (exact) mass is 378 g/mol. The number of amides is 1. The van der Waals surface area contributed by atoms with Gasteiger partial charge >= 0.3 is 0 Å². The van der Waals surface area contributed by atoms with Crippen LogP contribution in [0.4, 0.5) is 11.6 Å². The zero-order valence-corrected chi connectivity index (χ0v) is 16.0. The molecule has 0 aliphatic carbocycles. The summed E-state index contributed by atoms with van der Waals surface area (Å²) in [4.78, 5) is 24.1. The Bertz CT molecular complexity index is 1070. The number of anilines is 2. The number of hydrogen-bond donors (Lipinski definition) is 1. The van der Waals surface area contributed by atoms with Crippen molar-refractivity contribution in [1.29, 1.82) is 0 Å². The molecule has 1 unspecified atom stereocenters. The van der Waals surface area contributed by atoms with Crippen LogP contribution < -0.4 is 10.2 Å². The van der Waals surface area contributed by atoms with Crippen LogP contribution in [0.5, 0.6) is 0 Å². The number of nitrogens with zero attached hydrogens (tertiary/aromatic N) is 5. The molecule has 1 atom stereocenters. The molecule has 1 amide bonds. The highest BCUT2D eigenvalue weighted by Crippen LogP contribution is 2.42. The zero-order valence-electron chi connectivity index (χ0n) is 16.0. The number of ether oxygens (including phenoxy) is 1. The van der Waals surface area contributed by atoms with Crippen LogP contribution in [0.2, 0.25) is 0 Å². The van der Waals surface area contributed by atoms with Gasteiger partial charge in [0.1, 0.15) is 5.82 Å². The van der Waals surface area contributed by atoms with Gasteiger partial charge in [-0.2, -0.15) is 0 Å². The molecule has 0 bridgehead atoms. The molecule has 5 heterocycles. The van der Waals surface area contributed by atoms with Crippen molar-refractivity contribution in [3.63, 3.8) is 0 Å². The fraction of sp³-hybridized carbons (Fsp3) is 0.400. The van der Waals surface area contributed by atoms with Crippen molar-refractivity contribution in [1.82, 2.24) is 19.6 Å². The minimum Gasteiger partial charge on any atom is -0.378 e. The maximum atomic E-state index is 12.5. The second kappa shape index (κ2) is 6.56. The number of carbonyl (C=O) groups is 1. The molecule has 8 nitrogen and oxygen atoms in total. The molecule has 3 aromatic heterocycles. The molecule has 1 fully saturated rings. The van der Waals surface area contributed by atoms with Gasteiger partial charge in [0.25, 0.3) is 0 Å². The molecular weight excluding hydrogens is 356 g/mol. The lowest BCUT2D eigenvalue weighted by atomic mass is 9.87. The van der Waals surface area contributed by atoms with E-state index >= 15 is 0 Å². The molecule has 0 saturated carbocycles. The third kappa shape index (κ3) is 2.72. The fourth-order valence-corrected chi connectivity index (χ4v) is 4.21. The van der Waals surface area contributed by atoms with Crippen molar-refractivity contribution in [2.75, 3.05) is 36.5 Å². The van der Waals surface area contributed by atoms with Gasteiger partial charge in [-0.05, 0) is 26.0 Å². The molecule has 2 aliphatic rings. The maximum absolute atomic E-state index is 12.5. The van der Waals surface area contributed by atoms with E-state index in [0.29, 0.717) is 25.5 Å². The summed E-state index contributed by atoms with van der Waals surface area (Å²) in [6, 6.07) is 5.99. The Kier molecular flexibility index (Phi) is 4.01. The molecule has 8 heteroatoms. The predicted molar refractivity (Wildman–Crippen MR) is 105 cm³/mol. The van der Waals surface area contributed by atoms with Crippen molar-refractivity contribution in [3.05, 3.63) is 46.9 Å². The smallest absolute Gasteiger partial charge is 0.226 e. The number of rotatable bonds is 2. The zero-order chi connectivity index (χ0) is 19.3. The Balaban J connectivity index is 1.70. The van der Waals surface area contributed by atoms with Crippen molar-refractivity contribution in [2.24, 2.45) is 0 Å². The quantitative estimate of drug-likeness (QED) is 0.735. The van der Waals surface area contributed by atoms with Crippen molar-refractivity contribution in [2.45, 2.75) is 26.2 Å². The Morgan fingerprint density at radius 2 is 2.07 bits per heavy atom. The minimum absolute atomic E-state index is 0.0351. The standard InChI is InChI=1S/C20H22N6O2/c1-12-10-13(2)26-20(22-12)17-15(11-16(27)23-18(17)24-26)14-4-3-5-21-19(14)25-6-8-28-9-7-25/h3-5,10,15H,6-9,11H2,1-2H3,(H,23,24,27). The van der Waals surface area contributed by atoms with Crippen molar-refractivity contribution in [3.8, 4) is 0 Å². The first-order valence-corrected chi connectivity index (χ1v) is 9.56. The number of pyridine rings is 1. The lowest BCUT2D eigenvalue weighted by Gasteiger charge is -2.32. The number of morpholine rings is 1. The van der Waals surface area contributed by atoms with Gasteiger partial charge in [0.05, 0.1) is 13.2 Å². The summed E-state index contributed by atoms with van der Waals surface area (Å²) in [6.45, 7) is 6.93. The summed E-state index contributed by atoms with van der Waals surface area (Å²) in [5.41, 5.74) is 4.73. The second-order valence-electron chi connectivity index (χ2n) is 7.36. The van der Waals surface area contributed by atoms with E-state index in [2.05, 4.69) is 26.4 Å². The average molecular weight is 378 g/mol. The van der Waals surface area contributed by atoms with Crippen molar-refractivity contribution < 1.29 is 9.53 Å². The topological polar surface area (TPSA) is 84.7 Å². The molecule has 3 aromatic rings. The number of nitrogens with one attached hydrogen (secondary N) is 1. The third-order valence-electron chi connectivity index (χ3n) is 5.43. The first kappa shape index (κ1) is 17.1. The Morgan fingerprint density at radius 1 is 1.25 bits per heavy atom. The predicted octanol–water partition coefficient (Wildman–Crippen LogP) is 2.05. The molecule has 1 saturated heterocycles. The maximum Gasteiger partial charge on any atom is 0.226 e. The van der Waals surface area contributed by atoms with E-state index in [1.165, 1.54) is 0 Å². The van der Waals surface area contributed by atoms with E-state index in [4.69, 9.17) is 9.72 Å². The number of fused-ring (bicyclic) bond motifs is 3. The normalized spacial score (nSPS) is 19.6. The molecule has 0 spiro atoms. The van der Waals surface area contributed by atoms with Gasteiger partial charge in [-0.15, -0.1) is 5.10 Å². The van der Waals surface area contributed by atoms with Crippen LogP contribution in [0.15, 0.2) is 24.4 Å². The molecule has 0 radical (unpaired) electrons. The van der Waals surface area contributed by atoms with Gasteiger partial charge in [-0.25, -0.2) is 14.5 Å². The first-order valence-electron chi connectivity index (χ1n) is 9.56. The van der Waals surface area contributed by atoms with E-state index in [1.807, 2.05) is 30.5 Å². The molecule has 144 valence electrons. The summed E-state index contributed by atoms with van der Waals surface area (Å²) in [5, 5.41) is 7.56. The van der Waals surface area contributed by atoms with Gasteiger partial charge in [0.2, 0.25) is 5.91 Å². The van der Waals surface area contributed by atoms with Crippen LogP contribution in [0, 0.1) is 13.8 Å². The number of aryl methyl sites for hydroxylation is 2. The summed E-state index contributed by atoms with van der Waals surface area (Å²) in [7, 11) is 0. The number of carbonyl (C=O) groups excluding carboxylic acids is 1. The fourth-order valence-electron chi connectivity index (χ4n) is 4.21. The van der Waals surface area contributed by atoms with Gasteiger partial charge in [0, 0.05) is 54.1 Å². The van der Waals surface area contributed by atoms with Crippen LogP contribution in [0.1, 0.15) is 34.9 Å². The van der Waals surface area contributed by atoms with Crippen LogP contribution in [0.3, 0.4) is 0 Å². The average Bonchev–Trinajstić information content (AvgIpc) is 3.06. The molecule has 0 aromatic carbocycles. The minimum atomic E-state index is -0.138. The van der Waals surface area contributed by atoms with Crippen LogP contribution in [-0.2, 0) is 9.53 Å². The number of hydrogen-bond acceptors (Lipinski definition) is 6. The van der Waals surface area contributed by atoms with E-state index < -0.39 is 0 Å². The van der Waals surface area contributed by atoms with E-state index in [9.17, 15) is 4.79 Å². The SMILES string of the molecule is Cc1cc(C)n2nc3c(c2n1)C(c1cccnc1N1CCOCC1)CC(=O)N3. The van der Waals surface area contributed by atoms with Gasteiger partial charge in [-0.3, -0.25) is 4.79 Å². The lowest BCUT2D eigenvalue weighted by Crippen LogP contribution is -2.38. The molecule has 2 aliphatic heterocycles. The lowest BCUT2D eigenvalue weighted by molar-refractivity contribution is -0.116. The first-order chi connectivity index (χ1) is 13.6. The van der Waals surface area contributed by atoms with Gasteiger partial charge in [0.15, 0.2) is 11.5 Å². The van der Waals surface area contributed by atoms with Crippen LogP contribution >= 0.6 is 0 Å². The Morgan fingerprint density at radius 3 is 2.89 bits per heavy atom. The van der Waals surface area contributed by atoms with E-state index in [0.717, 1.165) is 47.1 Å². The summed E-state index contributed by atoms with van der Waals surface area (Å²) in [5.74, 6) is 1.34. The molecule has 1 N–H and O–H groups in total. The Labute approximate surface area is 162 Å². The highest BCUT2D eigenvalue weighted by Gasteiger charge is 2.34. The molecule has 5 rings (SSSR count). The third-order valence-corrected chi connectivity index (χ3v) is 5.43. The summed E-state index contributed by atoms with van der Waals surface area (Å²) < 4.78 is 7.32. The largest absolute Gasteiger partial charge is 0.378 e. The molecule has 28 heavy (non-hydrogen) atoms. The van der Waals surface area contributed by atoms with E-state index in [1.54, 1.807) is 6.20 Å². The second-order valence-corrected chi connectivity index (χ2v) is 7.36. The van der Waals surface area contributed by atoms with Crippen molar-refractivity contribution >= 4 is 23.2 Å². The van der Waals surface area contributed by atoms with Gasteiger partial charge < -0.3 is 15.0 Å².